The summed E-state index contributed by atoms with van der Waals surface area (Å²) in [7, 11) is 0. The van der Waals surface area contributed by atoms with E-state index in [1.54, 1.807) is 10.7 Å². The highest BCUT2D eigenvalue weighted by atomic mass is 16.6. The van der Waals surface area contributed by atoms with Crippen LogP contribution in [-0.4, -0.2) is 22.6 Å². The number of hydrogen-bond donors (Lipinski definition) is 0. The molecular formula is C9H9N3O2. The molecule has 2 heterocycles. The number of aromatic nitrogens is 3. The second kappa shape index (κ2) is 2.68. The summed E-state index contributed by atoms with van der Waals surface area (Å²) in [6.45, 7) is 1.43. The van der Waals surface area contributed by atoms with Crippen molar-refractivity contribution in [2.24, 2.45) is 0 Å². The summed E-state index contributed by atoms with van der Waals surface area (Å²) >= 11 is 0. The van der Waals surface area contributed by atoms with Crippen LogP contribution < -0.4 is 4.85 Å². The highest BCUT2D eigenvalue weighted by molar-refractivity contribution is 5.70. The molecule has 0 saturated carbocycles. The van der Waals surface area contributed by atoms with Crippen molar-refractivity contribution in [2.45, 2.75) is 12.6 Å². The van der Waals surface area contributed by atoms with Crippen molar-refractivity contribution in [1.29, 1.82) is 0 Å². The minimum absolute atomic E-state index is 0.235. The molecule has 14 heavy (non-hydrogen) atoms. The molecule has 1 unspecified atom stereocenters. The zero-order valence-corrected chi connectivity index (χ0v) is 7.46. The van der Waals surface area contributed by atoms with Crippen LogP contribution in [0.4, 0.5) is 0 Å². The monoisotopic (exact) mass is 191 g/mol. The Morgan fingerprint density at radius 2 is 2.36 bits per heavy atom. The van der Waals surface area contributed by atoms with E-state index in [1.807, 2.05) is 18.2 Å². The Hall–Kier alpha value is -1.62. The van der Waals surface area contributed by atoms with Crippen molar-refractivity contribution >= 4 is 11.0 Å². The molecule has 0 spiro atoms. The zero-order valence-electron chi connectivity index (χ0n) is 7.46. The average Bonchev–Trinajstić information content (AvgIpc) is 2.95. The minimum Gasteiger partial charge on any atom is -0.691 e. The van der Waals surface area contributed by atoms with Gasteiger partial charge in [0.15, 0.2) is 5.52 Å². The van der Waals surface area contributed by atoms with Crippen molar-refractivity contribution in [3.63, 3.8) is 0 Å². The largest absolute Gasteiger partial charge is 0.691 e. The van der Waals surface area contributed by atoms with Gasteiger partial charge in [0.05, 0.1) is 11.8 Å². The molecule has 5 heteroatoms. The Morgan fingerprint density at radius 3 is 3.14 bits per heavy atom. The van der Waals surface area contributed by atoms with E-state index in [1.165, 1.54) is 0 Å². The van der Waals surface area contributed by atoms with E-state index in [9.17, 15) is 5.21 Å². The van der Waals surface area contributed by atoms with E-state index < -0.39 is 0 Å². The first-order valence-corrected chi connectivity index (χ1v) is 4.51. The molecule has 0 radical (unpaired) electrons. The van der Waals surface area contributed by atoms with Gasteiger partial charge in [-0.1, -0.05) is 12.1 Å². The molecule has 1 aromatic carbocycles. The number of nitrogens with zero attached hydrogens (tertiary/aromatic N) is 3. The summed E-state index contributed by atoms with van der Waals surface area (Å²) in [5.41, 5.74) is 1.46. The van der Waals surface area contributed by atoms with E-state index >= 15 is 0 Å². The predicted molar refractivity (Wildman–Crippen MR) is 48.4 cm³/mol. The van der Waals surface area contributed by atoms with E-state index in [0.717, 1.165) is 12.1 Å². The van der Waals surface area contributed by atoms with Crippen LogP contribution in [0.1, 0.15) is 0 Å². The Labute approximate surface area is 80.1 Å². The molecule has 2 aromatic rings. The van der Waals surface area contributed by atoms with Gasteiger partial charge in [0, 0.05) is 0 Å². The Balaban J connectivity index is 2.12. The van der Waals surface area contributed by atoms with Crippen LogP contribution >= 0.6 is 0 Å². The maximum atomic E-state index is 11.3. The molecule has 3 rings (SSSR count). The normalized spacial score (nSPS) is 20.1. The summed E-state index contributed by atoms with van der Waals surface area (Å²) in [4.78, 5) is 0.651. The highest BCUT2D eigenvalue weighted by Gasteiger charge is 2.28. The van der Waals surface area contributed by atoms with Crippen LogP contribution in [0.25, 0.3) is 11.0 Å². The molecule has 0 N–H and O–H groups in total. The van der Waals surface area contributed by atoms with Crippen LogP contribution in [0, 0.1) is 5.21 Å². The van der Waals surface area contributed by atoms with Crippen LogP contribution in [0.5, 0.6) is 0 Å². The van der Waals surface area contributed by atoms with Crippen LogP contribution in [0.15, 0.2) is 24.3 Å². The lowest BCUT2D eigenvalue weighted by atomic mass is 10.3. The number of para-hydroxylation sites is 2. The standard InChI is InChI=1S/C9H9N3O2/c13-12-9-4-2-1-3-8(9)11(10-12)5-7-6-14-7/h1-4,7H,5-6H2. The SMILES string of the molecule is [O-][n+]1nn(CC2CO2)c2ccccc21. The number of rotatable bonds is 2. The number of fused-ring (bicyclic) bond motifs is 1. The van der Waals surface area contributed by atoms with E-state index in [0.29, 0.717) is 16.9 Å². The van der Waals surface area contributed by atoms with Crippen molar-refractivity contribution in [3.05, 3.63) is 29.5 Å². The quantitative estimate of drug-likeness (QED) is 0.383. The lowest BCUT2D eigenvalue weighted by molar-refractivity contribution is -0.646. The third-order valence-electron chi connectivity index (χ3n) is 2.33. The summed E-state index contributed by atoms with van der Waals surface area (Å²) in [6.07, 6.45) is 0.235. The van der Waals surface area contributed by atoms with E-state index in [-0.39, 0.29) is 6.10 Å². The maximum Gasteiger partial charge on any atom is 0.202 e. The molecule has 1 aliphatic rings. The molecule has 1 aliphatic heterocycles. The van der Waals surface area contributed by atoms with Gasteiger partial charge in [-0.15, -0.1) is 9.53 Å². The molecule has 1 atom stereocenters. The third kappa shape index (κ3) is 1.13. The summed E-state index contributed by atoms with van der Waals surface area (Å²) in [6, 6.07) is 7.38. The summed E-state index contributed by atoms with van der Waals surface area (Å²) in [5.74, 6) is 0. The fourth-order valence-electron chi connectivity index (χ4n) is 1.54. The molecule has 0 amide bonds. The fraction of sp³-hybridized carbons (Fsp3) is 0.333. The van der Waals surface area contributed by atoms with Gasteiger partial charge in [-0.3, -0.25) is 0 Å². The van der Waals surface area contributed by atoms with Crippen molar-refractivity contribution in [1.82, 2.24) is 9.90 Å². The van der Waals surface area contributed by atoms with E-state index in [4.69, 9.17) is 4.74 Å². The molecule has 1 saturated heterocycles. The molecule has 72 valence electrons. The molecule has 1 fully saturated rings. The van der Waals surface area contributed by atoms with Gasteiger partial charge < -0.3 is 9.94 Å². The second-order valence-electron chi connectivity index (χ2n) is 3.39. The maximum absolute atomic E-state index is 11.3. The third-order valence-corrected chi connectivity index (χ3v) is 2.33. The number of ether oxygens (including phenoxy) is 1. The fourth-order valence-corrected chi connectivity index (χ4v) is 1.54. The smallest absolute Gasteiger partial charge is 0.202 e. The van der Waals surface area contributed by atoms with Gasteiger partial charge >= 0.3 is 0 Å². The van der Waals surface area contributed by atoms with Gasteiger partial charge in [-0.2, -0.15) is 0 Å². The number of benzene rings is 1. The van der Waals surface area contributed by atoms with Gasteiger partial charge in [0.25, 0.3) is 0 Å². The molecular weight excluding hydrogens is 182 g/mol. The molecule has 1 aromatic heterocycles. The Kier molecular flexibility index (Phi) is 1.49. The van der Waals surface area contributed by atoms with Crippen molar-refractivity contribution in [2.75, 3.05) is 6.61 Å². The zero-order chi connectivity index (χ0) is 9.54. The predicted octanol–water partition coefficient (Wildman–Crippen LogP) is 0.0685. The molecule has 0 bridgehead atoms. The van der Waals surface area contributed by atoms with Gasteiger partial charge in [-0.25, -0.2) is 0 Å². The molecule has 5 nitrogen and oxygen atoms in total. The van der Waals surface area contributed by atoms with E-state index in [2.05, 4.69) is 5.21 Å². The van der Waals surface area contributed by atoms with Crippen molar-refractivity contribution < 1.29 is 9.58 Å². The highest BCUT2D eigenvalue weighted by Crippen LogP contribution is 2.14. The Bertz CT molecular complexity index is 476. The average molecular weight is 191 g/mol. The second-order valence-corrected chi connectivity index (χ2v) is 3.39. The van der Waals surface area contributed by atoms with Crippen LogP contribution in [-0.2, 0) is 11.3 Å². The summed E-state index contributed by atoms with van der Waals surface area (Å²) < 4.78 is 6.79. The summed E-state index contributed by atoms with van der Waals surface area (Å²) in [5, 5.41) is 15.2. The first-order chi connectivity index (χ1) is 6.84. The first-order valence-electron chi connectivity index (χ1n) is 4.51. The topological polar surface area (TPSA) is 57.3 Å². The lowest BCUT2D eigenvalue weighted by Gasteiger charge is -1.89. The van der Waals surface area contributed by atoms with Gasteiger partial charge in [0.2, 0.25) is 5.52 Å². The van der Waals surface area contributed by atoms with Crippen LogP contribution in [0.2, 0.25) is 0 Å². The minimum atomic E-state index is 0.235. The number of hydrogen-bond acceptors (Lipinski definition) is 3. The Morgan fingerprint density at radius 1 is 1.57 bits per heavy atom. The lowest BCUT2D eigenvalue weighted by Crippen LogP contribution is -2.29. The molecule has 0 aliphatic carbocycles. The van der Waals surface area contributed by atoms with Crippen molar-refractivity contribution in [3.8, 4) is 0 Å². The van der Waals surface area contributed by atoms with Crippen LogP contribution in [0.3, 0.4) is 0 Å². The van der Waals surface area contributed by atoms with Gasteiger partial charge in [-0.05, 0) is 12.1 Å². The number of epoxide rings is 1. The first kappa shape index (κ1) is 7.75. The van der Waals surface area contributed by atoms with Gasteiger partial charge in [0.1, 0.15) is 12.6 Å².